The molecule has 3 aliphatic rings. The van der Waals surface area contributed by atoms with Crippen molar-refractivity contribution in [3.63, 3.8) is 0 Å². The summed E-state index contributed by atoms with van der Waals surface area (Å²) in [5, 5.41) is 13.0. The van der Waals surface area contributed by atoms with Gasteiger partial charge in [0.15, 0.2) is 0 Å². The number of hydrogen-bond donors (Lipinski definition) is 2. The van der Waals surface area contributed by atoms with Gasteiger partial charge >= 0.3 is 11.9 Å². The van der Waals surface area contributed by atoms with Crippen LogP contribution in [0.4, 0.5) is 5.00 Å². The number of methoxy groups -OCH3 is 1. The van der Waals surface area contributed by atoms with Crippen LogP contribution >= 0.6 is 11.3 Å². The number of anilines is 1. The van der Waals surface area contributed by atoms with E-state index >= 15 is 0 Å². The van der Waals surface area contributed by atoms with Crippen LogP contribution in [-0.2, 0) is 27.2 Å². The van der Waals surface area contributed by atoms with Crippen LogP contribution in [0.5, 0.6) is 0 Å². The topological polar surface area (TPSA) is 92.7 Å². The standard InChI is InChI=1S/C21H25NO5S/c1-3-10-4-7-13-14(8-10)28-19(17(13)21(26)27-2)22-18(23)15-11-5-6-12(9-11)16(15)20(24)25/h5-6,10-12,15-16H,3-4,7-9H2,1-2H3,(H,22,23)(H,24,25)/t10-,11+,12+,15-,16+/m1/s1. The van der Waals surface area contributed by atoms with Crippen molar-refractivity contribution in [2.24, 2.45) is 29.6 Å². The molecule has 0 radical (unpaired) electrons. The van der Waals surface area contributed by atoms with Crippen LogP contribution in [0.2, 0.25) is 0 Å². The number of hydrogen-bond acceptors (Lipinski definition) is 5. The summed E-state index contributed by atoms with van der Waals surface area (Å²) in [6, 6.07) is 0. The van der Waals surface area contributed by atoms with E-state index in [-0.39, 0.29) is 17.7 Å². The molecule has 6 nitrogen and oxygen atoms in total. The van der Waals surface area contributed by atoms with Crippen molar-refractivity contribution in [1.29, 1.82) is 0 Å². The number of nitrogens with one attached hydrogen (secondary N) is 1. The van der Waals surface area contributed by atoms with E-state index in [0.717, 1.165) is 36.1 Å². The van der Waals surface area contributed by atoms with Gasteiger partial charge in [0.1, 0.15) is 5.00 Å². The highest BCUT2D eigenvalue weighted by molar-refractivity contribution is 7.17. The zero-order chi connectivity index (χ0) is 20.0. The summed E-state index contributed by atoms with van der Waals surface area (Å²) in [6.45, 7) is 2.17. The average molecular weight is 404 g/mol. The maximum atomic E-state index is 13.1. The Hall–Kier alpha value is -2.15. The molecule has 1 fully saturated rings. The fraction of sp³-hybridized carbons (Fsp3) is 0.571. The van der Waals surface area contributed by atoms with Crippen LogP contribution in [0.15, 0.2) is 12.2 Å². The third-order valence-electron chi connectivity index (χ3n) is 6.62. The van der Waals surface area contributed by atoms with Crippen LogP contribution in [0.1, 0.15) is 47.0 Å². The Bertz CT molecular complexity index is 857. The highest BCUT2D eigenvalue weighted by Crippen LogP contribution is 2.49. The Kier molecular flexibility index (Phi) is 5.04. The van der Waals surface area contributed by atoms with Gasteiger partial charge in [-0.15, -0.1) is 11.3 Å². The number of ether oxygens (including phenoxy) is 1. The van der Waals surface area contributed by atoms with Crippen molar-refractivity contribution >= 4 is 34.2 Å². The fourth-order valence-electron chi connectivity index (χ4n) is 5.12. The van der Waals surface area contributed by atoms with Crippen LogP contribution in [0.3, 0.4) is 0 Å². The summed E-state index contributed by atoms with van der Waals surface area (Å²) in [5.74, 6) is -2.51. The molecular weight excluding hydrogens is 378 g/mol. The monoisotopic (exact) mass is 403 g/mol. The van der Waals surface area contributed by atoms with Crippen molar-refractivity contribution in [3.05, 3.63) is 28.2 Å². The second kappa shape index (κ2) is 7.35. The number of amides is 1. The quantitative estimate of drug-likeness (QED) is 0.580. The molecule has 1 aromatic heterocycles. The lowest BCUT2D eigenvalue weighted by atomic mass is 9.82. The number of thiophene rings is 1. The number of carboxylic acid groups (broad SMARTS) is 1. The number of carboxylic acids is 1. The molecule has 0 saturated heterocycles. The fourth-order valence-corrected chi connectivity index (χ4v) is 6.47. The molecule has 0 aromatic carbocycles. The predicted octanol–water partition coefficient (Wildman–Crippen LogP) is 3.51. The molecular formula is C21H25NO5S. The van der Waals surface area contributed by atoms with Crippen molar-refractivity contribution in [1.82, 2.24) is 0 Å². The van der Waals surface area contributed by atoms with Crippen LogP contribution in [0.25, 0.3) is 0 Å². The van der Waals surface area contributed by atoms with Crippen LogP contribution in [0, 0.1) is 29.6 Å². The first-order chi connectivity index (χ1) is 13.4. The summed E-state index contributed by atoms with van der Waals surface area (Å²) in [5.41, 5.74) is 1.44. The summed E-state index contributed by atoms with van der Waals surface area (Å²) >= 11 is 1.44. The summed E-state index contributed by atoms with van der Waals surface area (Å²) in [4.78, 5) is 38.4. The number of esters is 1. The van der Waals surface area contributed by atoms with Gasteiger partial charge in [0.25, 0.3) is 0 Å². The normalized spacial score (nSPS) is 30.1. The van der Waals surface area contributed by atoms with E-state index in [4.69, 9.17) is 4.74 Å². The van der Waals surface area contributed by atoms with Crippen molar-refractivity contribution in [3.8, 4) is 0 Å². The number of fused-ring (bicyclic) bond motifs is 3. The smallest absolute Gasteiger partial charge is 0.341 e. The molecule has 7 heteroatoms. The molecule has 2 bridgehead atoms. The zero-order valence-electron chi connectivity index (χ0n) is 16.1. The number of rotatable bonds is 5. The van der Waals surface area contributed by atoms with E-state index in [9.17, 15) is 19.5 Å². The molecule has 2 N–H and O–H groups in total. The Morgan fingerprint density at radius 1 is 1.25 bits per heavy atom. The van der Waals surface area contributed by atoms with Crippen molar-refractivity contribution in [2.75, 3.05) is 12.4 Å². The lowest BCUT2D eigenvalue weighted by Gasteiger charge is -2.23. The second-order valence-corrected chi connectivity index (χ2v) is 9.15. The Morgan fingerprint density at radius 2 is 1.96 bits per heavy atom. The lowest BCUT2D eigenvalue weighted by Crippen LogP contribution is -2.36. The zero-order valence-corrected chi connectivity index (χ0v) is 16.9. The molecule has 0 unspecified atom stereocenters. The highest BCUT2D eigenvalue weighted by Gasteiger charge is 2.51. The molecule has 28 heavy (non-hydrogen) atoms. The van der Waals surface area contributed by atoms with Gasteiger partial charge in [0, 0.05) is 4.88 Å². The van der Waals surface area contributed by atoms with Gasteiger partial charge in [0.05, 0.1) is 24.5 Å². The van der Waals surface area contributed by atoms with Gasteiger partial charge in [-0.1, -0.05) is 25.5 Å². The third-order valence-corrected chi connectivity index (χ3v) is 7.79. The minimum Gasteiger partial charge on any atom is -0.481 e. The van der Waals surface area contributed by atoms with Crippen LogP contribution in [-0.4, -0.2) is 30.1 Å². The first-order valence-corrected chi connectivity index (χ1v) is 10.7. The number of aliphatic carboxylic acids is 1. The summed E-state index contributed by atoms with van der Waals surface area (Å²) in [7, 11) is 1.34. The molecule has 5 atom stereocenters. The predicted molar refractivity (Wildman–Crippen MR) is 105 cm³/mol. The lowest BCUT2D eigenvalue weighted by molar-refractivity contribution is -0.146. The van der Waals surface area contributed by atoms with Gasteiger partial charge in [-0.25, -0.2) is 4.79 Å². The molecule has 1 heterocycles. The Morgan fingerprint density at radius 3 is 2.61 bits per heavy atom. The maximum absolute atomic E-state index is 13.1. The molecule has 3 aliphatic carbocycles. The van der Waals surface area contributed by atoms with Gasteiger partial charge in [-0.2, -0.15) is 0 Å². The molecule has 1 saturated carbocycles. The van der Waals surface area contributed by atoms with E-state index in [2.05, 4.69) is 12.2 Å². The SMILES string of the molecule is CC[C@@H]1CCc2c(sc(NC(=O)[C@H]3[C@@H](C(=O)O)[C@H]4C=C[C@H]3C4)c2C(=O)OC)C1. The van der Waals surface area contributed by atoms with Crippen molar-refractivity contribution < 1.29 is 24.2 Å². The molecule has 1 aromatic rings. The van der Waals surface area contributed by atoms with Gasteiger partial charge < -0.3 is 15.2 Å². The molecule has 150 valence electrons. The molecule has 4 rings (SSSR count). The number of carbonyl (C=O) groups is 3. The minimum absolute atomic E-state index is 0.0493. The molecule has 1 amide bonds. The first-order valence-electron chi connectivity index (χ1n) is 9.89. The first kappa shape index (κ1) is 19.2. The van der Waals surface area contributed by atoms with E-state index < -0.39 is 23.8 Å². The number of carbonyl (C=O) groups excluding carboxylic acids is 2. The number of allylic oxidation sites excluding steroid dienone is 2. The van der Waals surface area contributed by atoms with E-state index in [1.165, 1.54) is 18.4 Å². The van der Waals surface area contributed by atoms with Crippen LogP contribution < -0.4 is 5.32 Å². The summed E-state index contributed by atoms with van der Waals surface area (Å²) < 4.78 is 4.98. The van der Waals surface area contributed by atoms with E-state index in [1.807, 2.05) is 12.2 Å². The Labute approximate surface area is 168 Å². The second-order valence-electron chi connectivity index (χ2n) is 8.04. The van der Waals surface area contributed by atoms with E-state index in [1.54, 1.807) is 0 Å². The maximum Gasteiger partial charge on any atom is 0.341 e. The van der Waals surface area contributed by atoms with Gasteiger partial charge in [-0.3, -0.25) is 9.59 Å². The Balaban J connectivity index is 1.63. The third kappa shape index (κ3) is 3.05. The van der Waals surface area contributed by atoms with E-state index in [0.29, 0.717) is 22.9 Å². The highest BCUT2D eigenvalue weighted by atomic mass is 32.1. The molecule has 0 spiro atoms. The van der Waals surface area contributed by atoms with Gasteiger partial charge in [0.2, 0.25) is 5.91 Å². The minimum atomic E-state index is -0.929. The average Bonchev–Trinajstić information content (AvgIpc) is 3.38. The largest absolute Gasteiger partial charge is 0.481 e. The molecule has 0 aliphatic heterocycles. The van der Waals surface area contributed by atoms with Crippen molar-refractivity contribution in [2.45, 2.75) is 39.0 Å². The summed E-state index contributed by atoms with van der Waals surface area (Å²) in [6.07, 6.45) is 8.41. The van der Waals surface area contributed by atoms with Gasteiger partial charge in [-0.05, 0) is 49.0 Å².